The average Bonchev–Trinajstić information content (AvgIpc) is 2.50. The molecule has 0 aromatic heterocycles. The molecule has 1 N–H and O–H groups in total. The number of alkyl halides is 3. The van der Waals surface area contributed by atoms with Crippen LogP contribution in [0.5, 0.6) is 0 Å². The Kier molecular flexibility index (Phi) is 3.73. The lowest BCUT2D eigenvalue weighted by molar-refractivity contribution is -0.203. The van der Waals surface area contributed by atoms with Gasteiger partial charge < -0.3 is 0 Å². The van der Waals surface area contributed by atoms with Crippen molar-refractivity contribution in [1.29, 1.82) is 0 Å². The Morgan fingerprint density at radius 1 is 1.40 bits per heavy atom. The van der Waals surface area contributed by atoms with Gasteiger partial charge in [-0.05, 0) is 31.5 Å². The van der Waals surface area contributed by atoms with Gasteiger partial charge in [0, 0.05) is 17.0 Å². The van der Waals surface area contributed by atoms with Crippen LogP contribution in [0, 0.1) is 0 Å². The zero-order chi connectivity index (χ0) is 15.1. The molecule has 0 bridgehead atoms. The first-order chi connectivity index (χ1) is 9.11. The Morgan fingerprint density at radius 2 is 2.05 bits per heavy atom. The summed E-state index contributed by atoms with van der Waals surface area (Å²) in [6.07, 6.45) is -4.51. The minimum atomic E-state index is -4.53. The number of benzene rings is 1. The highest BCUT2D eigenvalue weighted by atomic mass is 35.5. The average molecular weight is 307 g/mol. The van der Waals surface area contributed by atoms with E-state index in [1.807, 2.05) is 0 Å². The first-order valence-electron chi connectivity index (χ1n) is 6.02. The van der Waals surface area contributed by atoms with Crippen LogP contribution in [0.1, 0.15) is 31.9 Å². The quantitative estimate of drug-likeness (QED) is 0.907. The Hall–Kier alpha value is -1.27. The highest BCUT2D eigenvalue weighted by Crippen LogP contribution is 2.42. The van der Waals surface area contributed by atoms with E-state index in [2.05, 4.69) is 5.43 Å². The molecular formula is C13H14ClF3N2O. The second-order valence-electron chi connectivity index (χ2n) is 5.39. The molecule has 3 nitrogen and oxygen atoms in total. The molecule has 1 amide bonds. The van der Waals surface area contributed by atoms with Crippen LogP contribution < -0.4 is 5.43 Å². The van der Waals surface area contributed by atoms with Crippen molar-refractivity contribution in [2.24, 2.45) is 0 Å². The van der Waals surface area contributed by atoms with Crippen LogP contribution in [0.2, 0.25) is 5.02 Å². The van der Waals surface area contributed by atoms with Crippen molar-refractivity contribution in [1.82, 2.24) is 10.4 Å². The predicted molar refractivity (Wildman–Crippen MR) is 68.9 cm³/mol. The molecule has 0 unspecified atom stereocenters. The highest BCUT2D eigenvalue weighted by molar-refractivity contribution is 6.30. The van der Waals surface area contributed by atoms with Crippen LogP contribution >= 0.6 is 11.6 Å². The smallest absolute Gasteiger partial charge is 0.287 e. The normalized spacial score (nSPS) is 20.8. The largest absolute Gasteiger partial charge is 0.409 e. The third kappa shape index (κ3) is 2.91. The van der Waals surface area contributed by atoms with E-state index >= 15 is 0 Å². The van der Waals surface area contributed by atoms with Crippen molar-refractivity contribution in [2.45, 2.75) is 38.0 Å². The summed E-state index contributed by atoms with van der Waals surface area (Å²) in [6, 6.07) is 3.65. The summed E-state index contributed by atoms with van der Waals surface area (Å²) >= 11 is 5.77. The SMILES string of the molecule is CC1(C)CC(=O)NN1[C@@H](c1cccc(Cl)c1)C(F)(F)F. The number of carbonyl (C=O) groups excluding carboxylic acids is 1. The molecule has 1 aromatic carbocycles. The summed E-state index contributed by atoms with van der Waals surface area (Å²) in [5.74, 6) is -0.425. The fourth-order valence-electron chi connectivity index (χ4n) is 2.38. The summed E-state index contributed by atoms with van der Waals surface area (Å²) in [6.45, 7) is 3.18. The van der Waals surface area contributed by atoms with Gasteiger partial charge in [0.15, 0.2) is 6.04 Å². The summed E-state index contributed by atoms with van der Waals surface area (Å²) in [4.78, 5) is 11.5. The Balaban J connectivity index is 2.47. The van der Waals surface area contributed by atoms with Gasteiger partial charge >= 0.3 is 6.18 Å². The fraction of sp³-hybridized carbons (Fsp3) is 0.462. The van der Waals surface area contributed by atoms with Crippen molar-refractivity contribution in [3.63, 3.8) is 0 Å². The molecule has 1 fully saturated rings. The third-order valence-electron chi connectivity index (χ3n) is 3.22. The maximum atomic E-state index is 13.4. The van der Waals surface area contributed by atoms with E-state index in [4.69, 9.17) is 11.6 Å². The van der Waals surface area contributed by atoms with Gasteiger partial charge in [-0.1, -0.05) is 23.7 Å². The summed E-state index contributed by atoms with van der Waals surface area (Å²) in [5.41, 5.74) is 1.37. The number of nitrogens with one attached hydrogen (secondary N) is 1. The van der Waals surface area contributed by atoms with Crippen molar-refractivity contribution < 1.29 is 18.0 Å². The van der Waals surface area contributed by atoms with Gasteiger partial charge in [0.25, 0.3) is 0 Å². The van der Waals surface area contributed by atoms with Gasteiger partial charge in [-0.2, -0.15) is 18.2 Å². The minimum Gasteiger partial charge on any atom is -0.287 e. The van der Waals surface area contributed by atoms with Crippen LogP contribution in [0.3, 0.4) is 0 Å². The lowest BCUT2D eigenvalue weighted by Gasteiger charge is -2.37. The molecule has 2 rings (SSSR count). The van der Waals surface area contributed by atoms with Gasteiger partial charge in [0.1, 0.15) is 0 Å². The molecule has 1 heterocycles. The van der Waals surface area contributed by atoms with Gasteiger partial charge in [-0.3, -0.25) is 10.2 Å². The monoisotopic (exact) mass is 306 g/mol. The Morgan fingerprint density at radius 3 is 2.50 bits per heavy atom. The molecule has 7 heteroatoms. The zero-order valence-corrected chi connectivity index (χ0v) is 11.7. The van der Waals surface area contributed by atoms with Crippen LogP contribution in [0.25, 0.3) is 0 Å². The van der Waals surface area contributed by atoms with Crippen molar-refractivity contribution in [3.05, 3.63) is 34.9 Å². The number of hydrogen-bond acceptors (Lipinski definition) is 2. The Labute approximate surface area is 119 Å². The van der Waals surface area contributed by atoms with Crippen LogP contribution in [0.15, 0.2) is 24.3 Å². The van der Waals surface area contributed by atoms with E-state index < -0.39 is 23.7 Å². The lowest BCUT2D eigenvalue weighted by Crippen LogP contribution is -2.51. The van der Waals surface area contributed by atoms with Crippen LogP contribution in [0.4, 0.5) is 13.2 Å². The summed E-state index contributed by atoms with van der Waals surface area (Å²) in [7, 11) is 0. The van der Waals surface area contributed by atoms with Crippen LogP contribution in [-0.4, -0.2) is 22.6 Å². The molecule has 1 saturated heterocycles. The number of carbonyl (C=O) groups is 1. The molecule has 0 spiro atoms. The second kappa shape index (κ2) is 4.93. The van der Waals surface area contributed by atoms with E-state index in [1.165, 1.54) is 24.3 Å². The molecule has 1 atom stereocenters. The predicted octanol–water partition coefficient (Wildman–Crippen LogP) is 3.46. The first kappa shape index (κ1) is 15.1. The highest BCUT2D eigenvalue weighted by Gasteiger charge is 2.52. The van der Waals surface area contributed by atoms with Gasteiger partial charge in [-0.25, -0.2) is 0 Å². The molecule has 1 aliphatic rings. The molecular weight excluding hydrogens is 293 g/mol. The number of halogens is 4. The Bertz CT molecular complexity index is 531. The number of amides is 1. The summed E-state index contributed by atoms with van der Waals surface area (Å²) < 4.78 is 40.3. The second-order valence-corrected chi connectivity index (χ2v) is 5.83. The standard InChI is InChI=1S/C13H14ClF3N2O/c1-12(2)7-10(20)18-19(12)11(13(15,16)17)8-4-3-5-9(14)6-8/h3-6,11H,7H2,1-2H3,(H,18,20)/t11-/m0/s1. The first-order valence-corrected chi connectivity index (χ1v) is 6.40. The molecule has 0 radical (unpaired) electrons. The lowest BCUT2D eigenvalue weighted by atomic mass is 9.97. The van der Waals surface area contributed by atoms with Gasteiger partial charge in [-0.15, -0.1) is 0 Å². The molecule has 1 aromatic rings. The molecule has 0 saturated carbocycles. The number of nitrogens with zero attached hydrogens (tertiary/aromatic N) is 1. The molecule has 20 heavy (non-hydrogen) atoms. The maximum Gasteiger partial charge on any atom is 0.409 e. The fourth-order valence-corrected chi connectivity index (χ4v) is 2.58. The zero-order valence-electron chi connectivity index (χ0n) is 11.0. The van der Waals surface area contributed by atoms with Gasteiger partial charge in [0.05, 0.1) is 0 Å². The third-order valence-corrected chi connectivity index (χ3v) is 3.46. The van der Waals surface area contributed by atoms with E-state index in [1.54, 1.807) is 13.8 Å². The van der Waals surface area contributed by atoms with E-state index in [0.29, 0.717) is 0 Å². The molecule has 110 valence electrons. The number of rotatable bonds is 2. The van der Waals surface area contributed by atoms with E-state index in [0.717, 1.165) is 5.01 Å². The van der Waals surface area contributed by atoms with Crippen LogP contribution in [-0.2, 0) is 4.79 Å². The number of hydrogen-bond donors (Lipinski definition) is 1. The van der Waals surface area contributed by atoms with E-state index in [-0.39, 0.29) is 17.0 Å². The minimum absolute atomic E-state index is 0.000255. The summed E-state index contributed by atoms with van der Waals surface area (Å²) in [5, 5.41) is 1.18. The van der Waals surface area contributed by atoms with E-state index in [9.17, 15) is 18.0 Å². The van der Waals surface area contributed by atoms with Gasteiger partial charge in [0.2, 0.25) is 5.91 Å². The van der Waals surface area contributed by atoms with Crippen molar-refractivity contribution in [3.8, 4) is 0 Å². The topological polar surface area (TPSA) is 32.3 Å². The maximum absolute atomic E-state index is 13.4. The number of hydrazine groups is 1. The molecule has 0 aliphatic carbocycles. The van der Waals surface area contributed by atoms with Crippen molar-refractivity contribution >= 4 is 17.5 Å². The van der Waals surface area contributed by atoms with Crippen molar-refractivity contribution in [2.75, 3.05) is 0 Å². The molecule has 1 aliphatic heterocycles.